The summed E-state index contributed by atoms with van der Waals surface area (Å²) in [5.41, 5.74) is 1.56. The highest BCUT2D eigenvalue weighted by atomic mass is 35.5. The maximum absolute atomic E-state index is 10.5. The second-order valence-corrected chi connectivity index (χ2v) is 7.03. The summed E-state index contributed by atoms with van der Waals surface area (Å²) in [5.74, 6) is 1.41. The van der Waals surface area contributed by atoms with Gasteiger partial charge in [-0.1, -0.05) is 12.2 Å². The maximum atomic E-state index is 10.5. The van der Waals surface area contributed by atoms with Crippen LogP contribution in [-0.2, 0) is 14.9 Å². The third-order valence-corrected chi connectivity index (χ3v) is 5.99. The third-order valence-electron chi connectivity index (χ3n) is 5.99. The highest BCUT2D eigenvalue weighted by molar-refractivity contribution is 5.85. The second-order valence-electron chi connectivity index (χ2n) is 7.03. The van der Waals surface area contributed by atoms with E-state index in [-0.39, 0.29) is 42.9 Å². The van der Waals surface area contributed by atoms with Crippen molar-refractivity contribution in [3.8, 4) is 11.5 Å². The molecule has 0 saturated carbocycles. The van der Waals surface area contributed by atoms with Crippen LogP contribution in [0.5, 0.6) is 11.5 Å². The molecule has 7 heteroatoms. The van der Waals surface area contributed by atoms with E-state index in [1.54, 1.807) is 7.11 Å². The van der Waals surface area contributed by atoms with E-state index in [1.807, 2.05) is 12.1 Å². The van der Waals surface area contributed by atoms with Gasteiger partial charge in [0.1, 0.15) is 0 Å². The van der Waals surface area contributed by atoms with Crippen LogP contribution in [-0.4, -0.2) is 55.8 Å². The van der Waals surface area contributed by atoms with Crippen molar-refractivity contribution >= 4 is 12.4 Å². The molecule has 25 heavy (non-hydrogen) atoms. The molecule has 5 rings (SSSR count). The van der Waals surface area contributed by atoms with Crippen molar-refractivity contribution in [2.45, 2.75) is 36.4 Å². The van der Waals surface area contributed by atoms with Crippen LogP contribution < -0.4 is 9.47 Å². The second kappa shape index (κ2) is 5.86. The van der Waals surface area contributed by atoms with Crippen molar-refractivity contribution in [1.29, 1.82) is 0 Å². The van der Waals surface area contributed by atoms with Gasteiger partial charge in [0.15, 0.2) is 17.8 Å². The van der Waals surface area contributed by atoms with E-state index >= 15 is 0 Å². The van der Waals surface area contributed by atoms with Crippen LogP contribution in [0, 0.1) is 0 Å². The Morgan fingerprint density at radius 1 is 1.28 bits per heavy atom. The van der Waals surface area contributed by atoms with Crippen molar-refractivity contribution in [3.63, 3.8) is 0 Å². The van der Waals surface area contributed by atoms with Gasteiger partial charge in [0.05, 0.1) is 17.6 Å². The number of likely N-dealkylation sites (N-methyl/N-ethyl adjacent to an activating group) is 1. The average molecular weight is 368 g/mol. The van der Waals surface area contributed by atoms with Gasteiger partial charge in [-0.25, -0.2) is 0 Å². The topological polar surface area (TPSA) is 60.4 Å². The lowest BCUT2D eigenvalue weighted by molar-refractivity contribution is -0.160. The summed E-state index contributed by atoms with van der Waals surface area (Å²) in [4.78, 5) is 2.31. The highest BCUT2D eigenvalue weighted by Gasteiger charge is 2.59. The summed E-state index contributed by atoms with van der Waals surface area (Å²) in [7, 11) is 3.85. The molecular formula is C18H22ClNO5. The summed E-state index contributed by atoms with van der Waals surface area (Å²) in [6.45, 7) is 0.993. The molecule has 1 saturated heterocycles. The fourth-order valence-corrected chi connectivity index (χ4v) is 4.82. The fourth-order valence-electron chi connectivity index (χ4n) is 4.82. The zero-order chi connectivity index (χ0) is 16.5. The third kappa shape index (κ3) is 2.18. The first-order valence-corrected chi connectivity index (χ1v) is 8.33. The number of rotatable bonds is 1. The van der Waals surface area contributed by atoms with E-state index in [0.717, 1.165) is 29.8 Å². The number of benzene rings is 1. The first-order chi connectivity index (χ1) is 11.6. The zero-order valence-electron chi connectivity index (χ0n) is 14.2. The first-order valence-electron chi connectivity index (χ1n) is 8.33. The van der Waals surface area contributed by atoms with Gasteiger partial charge in [0.25, 0.3) is 0 Å². The van der Waals surface area contributed by atoms with Gasteiger partial charge < -0.3 is 24.1 Å². The molecule has 1 aliphatic carbocycles. The van der Waals surface area contributed by atoms with E-state index in [0.29, 0.717) is 5.75 Å². The van der Waals surface area contributed by atoms with E-state index in [9.17, 15) is 5.11 Å². The summed E-state index contributed by atoms with van der Waals surface area (Å²) in [5, 5.41) is 10.5. The van der Waals surface area contributed by atoms with Crippen LogP contribution in [0.25, 0.3) is 0 Å². The van der Waals surface area contributed by atoms with Crippen molar-refractivity contribution in [3.05, 3.63) is 35.4 Å². The molecule has 1 N–H and O–H groups in total. The Morgan fingerprint density at radius 3 is 2.80 bits per heavy atom. The lowest BCUT2D eigenvalue weighted by Gasteiger charge is -2.46. The molecule has 0 radical (unpaired) electrons. The monoisotopic (exact) mass is 367 g/mol. The SMILES string of the molecule is CO[C@@H]1C=C[C@@]23c4cc5c(cc4C(O)O[C@H]2CN(C)[C@H]3C1)OCO5.Cl. The number of aliphatic hydroxyl groups excluding tert-OH is 1. The number of aliphatic hydroxyl groups is 1. The molecule has 0 bridgehead atoms. The number of methoxy groups -OCH3 is 1. The van der Waals surface area contributed by atoms with Crippen LogP contribution in [0.1, 0.15) is 23.8 Å². The number of halogens is 1. The number of likely N-dealkylation sites (tertiary alicyclic amines) is 1. The summed E-state index contributed by atoms with van der Waals surface area (Å²) in [6.07, 6.45) is 4.31. The minimum Gasteiger partial charge on any atom is -0.454 e. The van der Waals surface area contributed by atoms with E-state index < -0.39 is 6.29 Å². The van der Waals surface area contributed by atoms with Crippen LogP contribution in [0.15, 0.2) is 24.3 Å². The Morgan fingerprint density at radius 2 is 2.04 bits per heavy atom. The molecule has 6 nitrogen and oxygen atoms in total. The van der Waals surface area contributed by atoms with Crippen LogP contribution in [0.2, 0.25) is 0 Å². The van der Waals surface area contributed by atoms with Crippen molar-refractivity contribution in [1.82, 2.24) is 4.90 Å². The van der Waals surface area contributed by atoms with Gasteiger partial charge in [0.2, 0.25) is 6.79 Å². The molecular weight excluding hydrogens is 346 g/mol. The number of hydrogen-bond donors (Lipinski definition) is 1. The fraction of sp³-hybridized carbons (Fsp3) is 0.556. The zero-order valence-corrected chi connectivity index (χ0v) is 15.0. The maximum Gasteiger partial charge on any atom is 0.231 e. The largest absolute Gasteiger partial charge is 0.454 e. The molecule has 0 amide bonds. The number of nitrogens with zero attached hydrogens (tertiary/aromatic N) is 1. The summed E-state index contributed by atoms with van der Waals surface area (Å²) < 4.78 is 22.6. The number of hydrogen-bond acceptors (Lipinski definition) is 6. The van der Waals surface area contributed by atoms with Gasteiger partial charge in [-0.2, -0.15) is 0 Å². The van der Waals surface area contributed by atoms with Gasteiger partial charge in [-0.3, -0.25) is 4.90 Å². The summed E-state index contributed by atoms with van der Waals surface area (Å²) >= 11 is 0. The number of ether oxygens (including phenoxy) is 4. The Bertz CT molecular complexity index is 726. The van der Waals surface area contributed by atoms with Gasteiger partial charge in [0, 0.05) is 25.3 Å². The van der Waals surface area contributed by atoms with Crippen LogP contribution >= 0.6 is 12.4 Å². The van der Waals surface area contributed by atoms with E-state index in [2.05, 4.69) is 24.1 Å². The molecule has 1 spiro atoms. The molecule has 1 unspecified atom stereocenters. The van der Waals surface area contributed by atoms with Crippen LogP contribution in [0.3, 0.4) is 0 Å². The Labute approximate surface area is 152 Å². The van der Waals surface area contributed by atoms with Crippen LogP contribution in [0.4, 0.5) is 0 Å². The lowest BCUT2D eigenvalue weighted by Crippen LogP contribution is -2.52. The molecule has 1 aromatic carbocycles. The van der Waals surface area contributed by atoms with Gasteiger partial charge in [-0.05, 0) is 31.2 Å². The Hall–Kier alpha value is -1.31. The quantitative estimate of drug-likeness (QED) is 0.763. The minimum absolute atomic E-state index is 0. The van der Waals surface area contributed by atoms with E-state index in [1.165, 1.54) is 0 Å². The van der Waals surface area contributed by atoms with Gasteiger partial charge >= 0.3 is 0 Å². The smallest absolute Gasteiger partial charge is 0.231 e. The molecule has 1 fully saturated rings. The molecule has 4 aliphatic rings. The predicted molar refractivity (Wildman–Crippen MR) is 92.3 cm³/mol. The van der Waals surface area contributed by atoms with Crippen molar-refractivity contribution in [2.24, 2.45) is 0 Å². The molecule has 3 aliphatic heterocycles. The molecule has 136 valence electrons. The molecule has 3 heterocycles. The Balaban J connectivity index is 0.00000157. The minimum atomic E-state index is -0.939. The van der Waals surface area contributed by atoms with Crippen molar-refractivity contribution < 1.29 is 24.1 Å². The predicted octanol–water partition coefficient (Wildman–Crippen LogP) is 1.75. The normalized spacial score (nSPS) is 37.9. The molecule has 1 aromatic rings. The van der Waals surface area contributed by atoms with E-state index in [4.69, 9.17) is 18.9 Å². The Kier molecular flexibility index (Phi) is 4.01. The molecule has 5 atom stereocenters. The first kappa shape index (κ1) is 17.1. The highest BCUT2D eigenvalue weighted by Crippen LogP contribution is 2.54. The molecule has 0 aromatic heterocycles. The van der Waals surface area contributed by atoms with Crippen molar-refractivity contribution in [2.75, 3.05) is 27.5 Å². The van der Waals surface area contributed by atoms with Gasteiger partial charge in [-0.15, -0.1) is 12.4 Å². The average Bonchev–Trinajstić information content (AvgIpc) is 3.16. The number of fused-ring (bicyclic) bond motifs is 2. The summed E-state index contributed by atoms with van der Waals surface area (Å²) in [6, 6.07) is 4.14. The standard InChI is InChI=1S/C18H21NO5.ClH/c1-19-8-16-18(4-3-10(21-2)5-15(18)19)12-7-14-13(22-9-23-14)6-11(12)17(20)24-16;/h3-4,6-7,10,15-17,20H,5,8-9H2,1-2H3;1H/t10-,15+,16+,17?,18+;/m1./s1. The lowest BCUT2D eigenvalue weighted by atomic mass is 9.65.